The number of carbonyl (C=O) groups excluding carboxylic acids is 1. The third-order valence-corrected chi connectivity index (χ3v) is 5.65. The van der Waals surface area contributed by atoms with Crippen molar-refractivity contribution in [2.24, 2.45) is 5.92 Å². The summed E-state index contributed by atoms with van der Waals surface area (Å²) < 4.78 is 6.02. The molecule has 126 valence electrons. The molecule has 1 saturated carbocycles. The number of carbonyl (C=O) groups is 1. The minimum Gasteiger partial charge on any atom is -0.464 e. The number of furan rings is 1. The third-order valence-electron chi connectivity index (χ3n) is 5.65. The first-order valence-electron chi connectivity index (χ1n) is 9.06. The lowest BCUT2D eigenvalue weighted by Crippen LogP contribution is -2.54. The van der Waals surface area contributed by atoms with Crippen LogP contribution in [0.15, 0.2) is 16.5 Å². The second-order valence-electron chi connectivity index (χ2n) is 7.41. The monoisotopic (exact) mass is 317 g/mol. The molecule has 1 aromatic heterocycles. The Hall–Kier alpha value is -1.49. The molecular weight excluding hydrogens is 290 g/mol. The quantitative estimate of drug-likeness (QED) is 0.929. The van der Waals surface area contributed by atoms with Crippen molar-refractivity contribution in [2.45, 2.75) is 51.1 Å². The highest BCUT2D eigenvalue weighted by molar-refractivity contribution is 5.75. The summed E-state index contributed by atoms with van der Waals surface area (Å²) in [6.07, 6.45) is 4.48. The lowest BCUT2D eigenvalue weighted by molar-refractivity contribution is 0.105. The fourth-order valence-electron chi connectivity index (χ4n) is 4.00. The van der Waals surface area contributed by atoms with Gasteiger partial charge >= 0.3 is 6.03 Å². The van der Waals surface area contributed by atoms with E-state index in [9.17, 15) is 4.79 Å². The summed E-state index contributed by atoms with van der Waals surface area (Å²) in [4.78, 5) is 16.4. The van der Waals surface area contributed by atoms with Gasteiger partial charge in [0.1, 0.15) is 11.5 Å². The van der Waals surface area contributed by atoms with E-state index in [2.05, 4.69) is 29.3 Å². The Morgan fingerprint density at radius 2 is 2.04 bits per heavy atom. The fourth-order valence-corrected chi connectivity index (χ4v) is 4.00. The molecule has 4 rings (SSSR count). The molecule has 2 aliphatic heterocycles. The minimum absolute atomic E-state index is 0.129. The highest BCUT2D eigenvalue weighted by Gasteiger charge is 2.36. The molecule has 0 aromatic carbocycles. The first-order valence-corrected chi connectivity index (χ1v) is 9.06. The number of hydrogen-bond acceptors (Lipinski definition) is 3. The summed E-state index contributed by atoms with van der Waals surface area (Å²) in [6.45, 7) is 7.02. The second kappa shape index (κ2) is 6.19. The molecule has 0 bridgehead atoms. The molecule has 1 aromatic rings. The van der Waals surface area contributed by atoms with Crippen LogP contribution in [0.3, 0.4) is 0 Å². The number of nitrogens with one attached hydrogen (secondary N) is 1. The summed E-state index contributed by atoms with van der Waals surface area (Å²) in [5.74, 6) is 3.72. The number of rotatable bonds is 4. The molecule has 0 spiro atoms. The molecule has 1 N–H and O–H groups in total. The van der Waals surface area contributed by atoms with E-state index in [1.165, 1.54) is 12.2 Å². The van der Waals surface area contributed by atoms with Crippen LogP contribution in [0, 0.1) is 5.92 Å². The maximum Gasteiger partial charge on any atom is 0.317 e. The standard InChI is InChI=1S/C18H27N3O2/c1-13-11-16(13)17-4-3-15(23-17)12-20-9-5-14(6-10-20)21-8-2-7-19-18(21)22/h3-4,13-14,16H,2,5-12H2,1H3,(H,19,22)/t13-,16+/m0/s1. The van der Waals surface area contributed by atoms with Crippen LogP contribution < -0.4 is 5.32 Å². The van der Waals surface area contributed by atoms with E-state index in [1.807, 2.05) is 4.90 Å². The second-order valence-corrected chi connectivity index (χ2v) is 7.41. The molecule has 1 aliphatic carbocycles. The molecule has 3 heterocycles. The Bertz CT molecular complexity index is 562. The van der Waals surface area contributed by atoms with Crippen LogP contribution in [-0.2, 0) is 6.54 Å². The van der Waals surface area contributed by atoms with E-state index >= 15 is 0 Å². The van der Waals surface area contributed by atoms with Gasteiger partial charge in [0.2, 0.25) is 0 Å². The van der Waals surface area contributed by atoms with Crippen molar-refractivity contribution in [3.63, 3.8) is 0 Å². The van der Waals surface area contributed by atoms with Crippen molar-refractivity contribution in [1.29, 1.82) is 0 Å². The van der Waals surface area contributed by atoms with Crippen LogP contribution >= 0.6 is 0 Å². The van der Waals surface area contributed by atoms with Crippen molar-refractivity contribution in [3.8, 4) is 0 Å². The maximum absolute atomic E-state index is 12.0. The van der Waals surface area contributed by atoms with E-state index in [0.29, 0.717) is 12.0 Å². The van der Waals surface area contributed by atoms with Crippen LogP contribution in [0.2, 0.25) is 0 Å². The average Bonchev–Trinajstić information content (AvgIpc) is 3.11. The molecule has 0 radical (unpaired) electrons. The lowest BCUT2D eigenvalue weighted by Gasteiger charge is -2.40. The topological polar surface area (TPSA) is 48.7 Å². The van der Waals surface area contributed by atoms with Gasteiger partial charge in [0.25, 0.3) is 0 Å². The average molecular weight is 317 g/mol. The van der Waals surface area contributed by atoms with Crippen molar-refractivity contribution in [1.82, 2.24) is 15.1 Å². The molecule has 2 amide bonds. The van der Waals surface area contributed by atoms with E-state index in [1.54, 1.807) is 0 Å². The van der Waals surface area contributed by atoms with E-state index in [-0.39, 0.29) is 6.03 Å². The molecule has 3 fully saturated rings. The number of urea groups is 1. The summed E-state index contributed by atoms with van der Waals surface area (Å²) in [5, 5.41) is 2.96. The number of hydrogen-bond donors (Lipinski definition) is 1. The normalized spacial score (nSPS) is 29.6. The van der Waals surface area contributed by atoms with Crippen molar-refractivity contribution >= 4 is 6.03 Å². The van der Waals surface area contributed by atoms with E-state index in [4.69, 9.17) is 4.42 Å². The van der Waals surface area contributed by atoms with Crippen molar-refractivity contribution < 1.29 is 9.21 Å². The third kappa shape index (κ3) is 3.25. The Kier molecular flexibility index (Phi) is 4.05. The van der Waals surface area contributed by atoms with E-state index in [0.717, 1.165) is 63.7 Å². The smallest absolute Gasteiger partial charge is 0.317 e. The van der Waals surface area contributed by atoms with Gasteiger partial charge in [0.05, 0.1) is 6.54 Å². The number of piperidine rings is 1. The van der Waals surface area contributed by atoms with Crippen LogP contribution in [0.5, 0.6) is 0 Å². The summed E-state index contributed by atoms with van der Waals surface area (Å²) >= 11 is 0. The van der Waals surface area contributed by atoms with Gasteiger partial charge in [-0.25, -0.2) is 4.79 Å². The summed E-state index contributed by atoms with van der Waals surface area (Å²) in [6, 6.07) is 4.84. The maximum atomic E-state index is 12.0. The van der Waals surface area contributed by atoms with Gasteiger partial charge in [-0.15, -0.1) is 0 Å². The van der Waals surface area contributed by atoms with Gasteiger partial charge in [-0.2, -0.15) is 0 Å². The first-order chi connectivity index (χ1) is 11.2. The predicted molar refractivity (Wildman–Crippen MR) is 88.3 cm³/mol. The zero-order valence-electron chi connectivity index (χ0n) is 14.0. The Labute approximate surface area is 138 Å². The van der Waals surface area contributed by atoms with Gasteiger partial charge in [0, 0.05) is 38.1 Å². The van der Waals surface area contributed by atoms with E-state index < -0.39 is 0 Å². The Balaban J connectivity index is 1.28. The van der Waals surface area contributed by atoms with Crippen LogP contribution in [0.1, 0.15) is 50.0 Å². The molecule has 2 atom stereocenters. The zero-order chi connectivity index (χ0) is 15.8. The lowest BCUT2D eigenvalue weighted by atomic mass is 10.0. The summed E-state index contributed by atoms with van der Waals surface area (Å²) in [7, 11) is 0. The Morgan fingerprint density at radius 1 is 1.26 bits per heavy atom. The summed E-state index contributed by atoms with van der Waals surface area (Å²) in [5.41, 5.74) is 0. The number of likely N-dealkylation sites (tertiary alicyclic amines) is 1. The molecule has 3 aliphatic rings. The molecular formula is C18H27N3O2. The van der Waals surface area contributed by atoms with Gasteiger partial charge < -0.3 is 14.6 Å². The van der Waals surface area contributed by atoms with Crippen molar-refractivity contribution in [2.75, 3.05) is 26.2 Å². The van der Waals surface area contributed by atoms with Gasteiger partial charge in [-0.05, 0) is 43.7 Å². The number of amides is 2. The van der Waals surface area contributed by atoms with Gasteiger partial charge in [-0.1, -0.05) is 6.92 Å². The SMILES string of the molecule is C[C@H]1C[C@H]1c1ccc(CN2CCC(N3CCCNC3=O)CC2)o1. The molecule has 5 nitrogen and oxygen atoms in total. The minimum atomic E-state index is 0.129. The molecule has 2 saturated heterocycles. The van der Waals surface area contributed by atoms with Crippen LogP contribution in [0.4, 0.5) is 4.79 Å². The zero-order valence-corrected chi connectivity index (χ0v) is 14.0. The molecule has 5 heteroatoms. The largest absolute Gasteiger partial charge is 0.464 e. The highest BCUT2D eigenvalue weighted by atomic mass is 16.3. The fraction of sp³-hybridized carbons (Fsp3) is 0.722. The van der Waals surface area contributed by atoms with Gasteiger partial charge in [-0.3, -0.25) is 4.90 Å². The number of nitrogens with zero attached hydrogens (tertiary/aromatic N) is 2. The van der Waals surface area contributed by atoms with Crippen LogP contribution in [0.25, 0.3) is 0 Å². The van der Waals surface area contributed by atoms with Crippen molar-refractivity contribution in [3.05, 3.63) is 23.7 Å². The molecule has 0 unspecified atom stereocenters. The van der Waals surface area contributed by atoms with Gasteiger partial charge in [0.15, 0.2) is 0 Å². The Morgan fingerprint density at radius 3 is 2.74 bits per heavy atom. The van der Waals surface area contributed by atoms with Crippen LogP contribution in [-0.4, -0.2) is 48.1 Å². The highest BCUT2D eigenvalue weighted by Crippen LogP contribution is 2.47. The molecule has 23 heavy (non-hydrogen) atoms. The first kappa shape index (κ1) is 15.1. The predicted octanol–water partition coefficient (Wildman–Crippen LogP) is 2.78.